The van der Waals surface area contributed by atoms with Gasteiger partial charge in [0.05, 0.1) is 5.56 Å². The highest BCUT2D eigenvalue weighted by Crippen LogP contribution is 2.37. The Balaban J connectivity index is 2.57. The largest absolute Gasteiger partial charge is 0.435 e. The fourth-order valence-corrected chi connectivity index (χ4v) is 2.08. The first-order chi connectivity index (χ1) is 7.38. The van der Waals surface area contributed by atoms with E-state index in [9.17, 15) is 13.2 Å². The number of thiol groups is 1. The highest BCUT2D eigenvalue weighted by molar-refractivity contribution is 7.82. The van der Waals surface area contributed by atoms with Gasteiger partial charge in [0.25, 0.3) is 0 Å². The summed E-state index contributed by atoms with van der Waals surface area (Å²) < 4.78 is 39.3. The lowest BCUT2D eigenvalue weighted by Crippen LogP contribution is -2.08. The lowest BCUT2D eigenvalue weighted by atomic mass is 10.2. The summed E-state index contributed by atoms with van der Waals surface area (Å²) in [6.07, 6.45) is -3.24. The second kappa shape index (κ2) is 3.74. The first kappa shape index (κ1) is 11.4. The molecule has 0 N–H and O–H groups in total. The van der Waals surface area contributed by atoms with Gasteiger partial charge in [0.2, 0.25) is 0 Å². The van der Waals surface area contributed by atoms with E-state index in [1.54, 1.807) is 0 Å². The van der Waals surface area contributed by atoms with Crippen molar-refractivity contribution in [2.24, 2.45) is 7.05 Å². The molecule has 2 rings (SSSR count). The number of halogens is 3. The smallest absolute Gasteiger partial charge is 0.274 e. The summed E-state index contributed by atoms with van der Waals surface area (Å²) in [5.74, 6) is 0. The summed E-state index contributed by atoms with van der Waals surface area (Å²) in [5, 5.41) is 10.7. The van der Waals surface area contributed by atoms with Gasteiger partial charge in [-0.1, -0.05) is 11.3 Å². The second-order valence-electron chi connectivity index (χ2n) is 2.95. The summed E-state index contributed by atoms with van der Waals surface area (Å²) in [6, 6.07) is 0. The Bertz CT molecular complexity index is 516. The predicted molar refractivity (Wildman–Crippen MR) is 54.4 cm³/mol. The van der Waals surface area contributed by atoms with E-state index in [1.165, 1.54) is 13.2 Å². The molecule has 0 saturated heterocycles. The van der Waals surface area contributed by atoms with Gasteiger partial charge in [-0.05, 0) is 0 Å². The van der Waals surface area contributed by atoms with Crippen LogP contribution < -0.4 is 0 Å². The second-order valence-corrected chi connectivity index (χ2v) is 4.66. The number of aromatic nitrogens is 4. The molecule has 0 amide bonds. The van der Waals surface area contributed by atoms with Crippen molar-refractivity contribution in [3.05, 3.63) is 11.9 Å². The van der Waals surface area contributed by atoms with Crippen molar-refractivity contribution in [3.63, 3.8) is 0 Å². The van der Waals surface area contributed by atoms with Crippen LogP contribution in [0.25, 0.3) is 10.6 Å². The van der Waals surface area contributed by atoms with Gasteiger partial charge < -0.3 is 0 Å². The van der Waals surface area contributed by atoms with E-state index in [0.29, 0.717) is 4.34 Å². The van der Waals surface area contributed by atoms with Crippen molar-refractivity contribution in [2.45, 2.75) is 10.5 Å². The number of hydrogen-bond donors (Lipinski definition) is 1. The number of hydrogen-bond acceptors (Lipinski definition) is 5. The Labute approximate surface area is 97.5 Å². The molecule has 16 heavy (non-hydrogen) atoms. The van der Waals surface area contributed by atoms with Gasteiger partial charge in [-0.25, -0.2) is 0 Å². The van der Waals surface area contributed by atoms with E-state index >= 15 is 0 Å². The van der Waals surface area contributed by atoms with Crippen LogP contribution >= 0.6 is 24.0 Å². The maximum Gasteiger partial charge on any atom is 0.435 e. The van der Waals surface area contributed by atoms with Crippen LogP contribution in [0.5, 0.6) is 0 Å². The molecule has 0 saturated carbocycles. The molecule has 2 aromatic heterocycles. The molecule has 0 unspecified atom stereocenters. The van der Waals surface area contributed by atoms with Gasteiger partial charge in [0.15, 0.2) is 15.0 Å². The lowest BCUT2D eigenvalue weighted by Gasteiger charge is -2.02. The van der Waals surface area contributed by atoms with E-state index in [0.717, 1.165) is 16.0 Å². The third kappa shape index (κ3) is 2.05. The molecule has 0 radical (unpaired) electrons. The van der Waals surface area contributed by atoms with Crippen molar-refractivity contribution >= 4 is 24.0 Å². The van der Waals surface area contributed by atoms with Gasteiger partial charge in [-0.15, -0.1) is 22.8 Å². The molecule has 0 atom stereocenters. The highest BCUT2D eigenvalue weighted by Gasteiger charge is 2.38. The summed E-state index contributed by atoms with van der Waals surface area (Å²) in [6.45, 7) is 0. The van der Waals surface area contributed by atoms with Crippen LogP contribution in [-0.4, -0.2) is 20.0 Å². The molecule has 0 aromatic carbocycles. The summed E-state index contributed by atoms with van der Waals surface area (Å²) >= 11 is 4.88. The minimum Gasteiger partial charge on any atom is -0.274 e. The molecule has 4 nitrogen and oxygen atoms in total. The zero-order chi connectivity index (χ0) is 11.9. The SMILES string of the molecule is Cn1cc(-c2nnc(S)s2)c(C(F)(F)F)n1. The Morgan fingerprint density at radius 3 is 2.56 bits per heavy atom. The van der Waals surface area contributed by atoms with Gasteiger partial charge in [-0.2, -0.15) is 18.3 Å². The van der Waals surface area contributed by atoms with Crippen LogP contribution in [0.1, 0.15) is 5.69 Å². The molecule has 0 aliphatic carbocycles. The van der Waals surface area contributed by atoms with Crippen LogP contribution in [0.15, 0.2) is 10.5 Å². The molecule has 0 aliphatic heterocycles. The van der Waals surface area contributed by atoms with Crippen LogP contribution in [-0.2, 0) is 13.2 Å². The lowest BCUT2D eigenvalue weighted by molar-refractivity contribution is -0.140. The van der Waals surface area contributed by atoms with Crippen LogP contribution in [0, 0.1) is 0 Å². The quantitative estimate of drug-likeness (QED) is 0.805. The molecule has 2 heterocycles. The first-order valence-electron chi connectivity index (χ1n) is 4.01. The maximum absolute atomic E-state index is 12.6. The molecule has 0 spiro atoms. The fourth-order valence-electron chi connectivity index (χ4n) is 1.18. The van der Waals surface area contributed by atoms with Crippen LogP contribution in [0.2, 0.25) is 0 Å². The Hall–Kier alpha value is -1.09. The van der Waals surface area contributed by atoms with Crippen molar-refractivity contribution < 1.29 is 13.2 Å². The fraction of sp³-hybridized carbons (Fsp3) is 0.286. The predicted octanol–water partition coefficient (Wildman–Crippen LogP) is 2.25. The minimum atomic E-state index is -4.50. The molecule has 0 bridgehead atoms. The third-order valence-corrected chi connectivity index (χ3v) is 2.86. The Morgan fingerprint density at radius 1 is 1.38 bits per heavy atom. The average molecular weight is 266 g/mol. The van der Waals surface area contributed by atoms with Gasteiger partial charge in [0, 0.05) is 13.2 Å². The van der Waals surface area contributed by atoms with Crippen molar-refractivity contribution in [2.75, 3.05) is 0 Å². The zero-order valence-electron chi connectivity index (χ0n) is 7.86. The third-order valence-electron chi connectivity index (χ3n) is 1.74. The monoisotopic (exact) mass is 266 g/mol. The summed E-state index contributed by atoms with van der Waals surface area (Å²) in [7, 11) is 1.42. The molecule has 9 heteroatoms. The molecule has 2 aromatic rings. The number of aryl methyl sites for hydroxylation is 1. The van der Waals surface area contributed by atoms with Gasteiger partial charge in [-0.3, -0.25) is 4.68 Å². The molecular formula is C7H5F3N4S2. The molecular weight excluding hydrogens is 261 g/mol. The van der Waals surface area contributed by atoms with Crippen LogP contribution in [0.4, 0.5) is 13.2 Å². The normalized spacial score (nSPS) is 12.1. The molecule has 0 fully saturated rings. The molecule has 86 valence electrons. The summed E-state index contributed by atoms with van der Waals surface area (Å²) in [4.78, 5) is 0. The number of nitrogens with zero attached hydrogens (tertiary/aromatic N) is 4. The van der Waals surface area contributed by atoms with Crippen molar-refractivity contribution in [1.82, 2.24) is 20.0 Å². The average Bonchev–Trinajstić information content (AvgIpc) is 2.70. The summed E-state index contributed by atoms with van der Waals surface area (Å²) in [5.41, 5.74) is -1.03. The van der Waals surface area contributed by atoms with Crippen molar-refractivity contribution in [1.29, 1.82) is 0 Å². The maximum atomic E-state index is 12.6. The van der Waals surface area contributed by atoms with Crippen LogP contribution in [0.3, 0.4) is 0 Å². The molecule has 0 aliphatic rings. The Kier molecular flexibility index (Phi) is 2.66. The van der Waals surface area contributed by atoms with E-state index in [2.05, 4.69) is 27.9 Å². The number of rotatable bonds is 1. The van der Waals surface area contributed by atoms with E-state index in [4.69, 9.17) is 0 Å². The zero-order valence-corrected chi connectivity index (χ0v) is 9.57. The topological polar surface area (TPSA) is 43.6 Å². The minimum absolute atomic E-state index is 0.0761. The van der Waals surface area contributed by atoms with E-state index < -0.39 is 11.9 Å². The van der Waals surface area contributed by atoms with E-state index in [-0.39, 0.29) is 10.6 Å². The first-order valence-corrected chi connectivity index (χ1v) is 5.28. The van der Waals surface area contributed by atoms with Gasteiger partial charge in [0.1, 0.15) is 0 Å². The van der Waals surface area contributed by atoms with Crippen molar-refractivity contribution in [3.8, 4) is 10.6 Å². The van der Waals surface area contributed by atoms with Gasteiger partial charge >= 0.3 is 6.18 Å². The highest BCUT2D eigenvalue weighted by atomic mass is 32.2. The Morgan fingerprint density at radius 2 is 2.06 bits per heavy atom. The standard InChI is InChI=1S/C7H5F3N4S2/c1-14-2-3(4(13-14)7(8,9)10)5-11-12-6(15)16-5/h2H,1H3,(H,12,15). The number of alkyl halides is 3. The van der Waals surface area contributed by atoms with E-state index in [1.807, 2.05) is 0 Å².